The summed E-state index contributed by atoms with van der Waals surface area (Å²) < 4.78 is 5.53. The summed E-state index contributed by atoms with van der Waals surface area (Å²) in [6.07, 6.45) is 2.08. The maximum absolute atomic E-state index is 12.7. The van der Waals surface area contributed by atoms with Crippen molar-refractivity contribution in [2.75, 3.05) is 25.0 Å². The lowest BCUT2D eigenvalue weighted by atomic mass is 9.98. The third-order valence-electron chi connectivity index (χ3n) is 5.40. The lowest BCUT2D eigenvalue weighted by Crippen LogP contribution is -2.40. The van der Waals surface area contributed by atoms with E-state index in [0.717, 1.165) is 48.4 Å². The molecule has 1 aliphatic rings. The van der Waals surface area contributed by atoms with E-state index in [2.05, 4.69) is 32.9 Å². The zero-order valence-electron chi connectivity index (χ0n) is 17.3. The van der Waals surface area contributed by atoms with Crippen molar-refractivity contribution in [1.29, 1.82) is 0 Å². The Morgan fingerprint density at radius 3 is 2.60 bits per heavy atom. The van der Waals surface area contributed by atoms with Crippen molar-refractivity contribution in [3.05, 3.63) is 42.5 Å². The van der Waals surface area contributed by atoms with Gasteiger partial charge in [-0.15, -0.1) is 10.2 Å². The van der Waals surface area contributed by atoms with Crippen LogP contribution in [0.1, 0.15) is 26.7 Å². The van der Waals surface area contributed by atoms with E-state index in [4.69, 9.17) is 4.74 Å². The van der Waals surface area contributed by atoms with Gasteiger partial charge in [0.2, 0.25) is 5.82 Å². The number of nitrogens with zero attached hydrogens (tertiary/aromatic N) is 4. The first-order valence-electron chi connectivity index (χ1n) is 10.3. The fraction of sp³-hybridized carbons (Fsp3) is 0.364. The van der Waals surface area contributed by atoms with Gasteiger partial charge in [-0.1, -0.05) is 25.1 Å². The van der Waals surface area contributed by atoms with Gasteiger partial charge in [0.25, 0.3) is 0 Å². The van der Waals surface area contributed by atoms with Crippen LogP contribution in [0.4, 0.5) is 10.5 Å². The topological polar surface area (TPSA) is 96.0 Å². The Morgan fingerprint density at radius 1 is 1.17 bits per heavy atom. The van der Waals surface area contributed by atoms with Gasteiger partial charge in [0.15, 0.2) is 0 Å². The van der Waals surface area contributed by atoms with E-state index in [9.17, 15) is 4.79 Å². The van der Waals surface area contributed by atoms with E-state index in [1.54, 1.807) is 0 Å². The van der Waals surface area contributed by atoms with Crippen molar-refractivity contribution in [1.82, 2.24) is 25.5 Å². The van der Waals surface area contributed by atoms with Crippen LogP contribution in [-0.4, -0.2) is 51.3 Å². The first-order chi connectivity index (χ1) is 14.6. The molecule has 1 fully saturated rings. The number of likely N-dealkylation sites (tertiary alicyclic amines) is 1. The number of rotatable bonds is 5. The van der Waals surface area contributed by atoms with E-state index in [1.165, 1.54) is 0 Å². The Hall–Kier alpha value is -3.42. The second-order valence-electron chi connectivity index (χ2n) is 7.55. The van der Waals surface area contributed by atoms with Gasteiger partial charge in [0, 0.05) is 24.3 Å². The molecule has 8 nitrogen and oxygen atoms in total. The standard InChI is InChI=1S/C22H26N6O2/c1-3-30-18-7-4-16(5-8-18)19-9-6-17(14-20(19)21-24-26-27-25-21)23-22(29)28-12-10-15(2)11-13-28/h4-9,14-15H,3,10-13H2,1-2H3,(H,23,29)(H,24,25,26,27). The largest absolute Gasteiger partial charge is 0.494 e. The fourth-order valence-corrected chi connectivity index (χ4v) is 3.65. The summed E-state index contributed by atoms with van der Waals surface area (Å²) in [6, 6.07) is 13.6. The van der Waals surface area contributed by atoms with Crippen molar-refractivity contribution < 1.29 is 9.53 Å². The number of amides is 2. The number of urea groups is 1. The molecule has 0 bridgehead atoms. The van der Waals surface area contributed by atoms with Crippen molar-refractivity contribution in [3.8, 4) is 28.3 Å². The first kappa shape index (κ1) is 19.9. The Morgan fingerprint density at radius 2 is 1.93 bits per heavy atom. The van der Waals surface area contributed by atoms with Crippen molar-refractivity contribution >= 4 is 11.7 Å². The van der Waals surface area contributed by atoms with Gasteiger partial charge in [-0.3, -0.25) is 0 Å². The molecular weight excluding hydrogens is 380 g/mol. The molecular formula is C22H26N6O2. The third-order valence-corrected chi connectivity index (χ3v) is 5.40. The maximum Gasteiger partial charge on any atom is 0.321 e. The fourth-order valence-electron chi connectivity index (χ4n) is 3.65. The van der Waals surface area contributed by atoms with Crippen LogP contribution in [0.15, 0.2) is 42.5 Å². The highest BCUT2D eigenvalue weighted by Gasteiger charge is 2.21. The van der Waals surface area contributed by atoms with E-state index >= 15 is 0 Å². The molecule has 0 spiro atoms. The Labute approximate surface area is 175 Å². The number of hydrogen-bond acceptors (Lipinski definition) is 5. The van der Waals surface area contributed by atoms with Crippen molar-refractivity contribution in [2.24, 2.45) is 5.92 Å². The number of hydrogen-bond donors (Lipinski definition) is 2. The molecule has 3 aromatic rings. The molecule has 0 atom stereocenters. The number of nitrogens with one attached hydrogen (secondary N) is 2. The minimum absolute atomic E-state index is 0.0743. The number of H-pyrrole nitrogens is 1. The Bertz CT molecular complexity index is 979. The molecule has 156 valence electrons. The lowest BCUT2D eigenvalue weighted by Gasteiger charge is -2.30. The normalized spacial score (nSPS) is 14.5. The van der Waals surface area contributed by atoms with Gasteiger partial charge >= 0.3 is 6.03 Å². The maximum atomic E-state index is 12.7. The molecule has 0 saturated carbocycles. The Kier molecular flexibility index (Phi) is 5.92. The van der Waals surface area contributed by atoms with Crippen LogP contribution in [0.25, 0.3) is 22.5 Å². The lowest BCUT2D eigenvalue weighted by molar-refractivity contribution is 0.186. The third kappa shape index (κ3) is 4.42. The smallest absolute Gasteiger partial charge is 0.321 e. The molecule has 2 N–H and O–H groups in total. The van der Waals surface area contributed by atoms with Gasteiger partial charge in [0.1, 0.15) is 5.75 Å². The van der Waals surface area contributed by atoms with Crippen LogP contribution in [0, 0.1) is 5.92 Å². The molecule has 2 aromatic carbocycles. The second-order valence-corrected chi connectivity index (χ2v) is 7.55. The van der Waals surface area contributed by atoms with Crippen LogP contribution >= 0.6 is 0 Å². The van der Waals surface area contributed by atoms with Crippen LogP contribution in [0.2, 0.25) is 0 Å². The number of carbonyl (C=O) groups excluding carboxylic acids is 1. The summed E-state index contributed by atoms with van der Waals surface area (Å²) in [5.74, 6) is 1.97. The molecule has 30 heavy (non-hydrogen) atoms. The zero-order valence-corrected chi connectivity index (χ0v) is 17.3. The quantitative estimate of drug-likeness (QED) is 0.662. The van der Waals surface area contributed by atoms with Crippen LogP contribution in [-0.2, 0) is 0 Å². The van der Waals surface area contributed by atoms with E-state index in [-0.39, 0.29) is 6.03 Å². The minimum Gasteiger partial charge on any atom is -0.494 e. The summed E-state index contributed by atoms with van der Waals surface area (Å²) >= 11 is 0. The molecule has 0 unspecified atom stereocenters. The van der Waals surface area contributed by atoms with Crippen LogP contribution < -0.4 is 10.1 Å². The van der Waals surface area contributed by atoms with E-state index in [1.807, 2.05) is 54.3 Å². The van der Waals surface area contributed by atoms with Crippen LogP contribution in [0.3, 0.4) is 0 Å². The molecule has 2 heterocycles. The van der Waals surface area contributed by atoms with Crippen molar-refractivity contribution in [3.63, 3.8) is 0 Å². The van der Waals surface area contributed by atoms with E-state index in [0.29, 0.717) is 24.0 Å². The van der Waals surface area contributed by atoms with Crippen molar-refractivity contribution in [2.45, 2.75) is 26.7 Å². The van der Waals surface area contributed by atoms with E-state index < -0.39 is 0 Å². The Balaban J connectivity index is 1.60. The molecule has 1 aliphatic heterocycles. The van der Waals surface area contributed by atoms with Gasteiger partial charge < -0.3 is 15.0 Å². The number of piperidine rings is 1. The number of anilines is 1. The number of aromatic amines is 1. The summed E-state index contributed by atoms with van der Waals surface area (Å²) in [5, 5.41) is 17.5. The summed E-state index contributed by atoms with van der Waals surface area (Å²) in [7, 11) is 0. The second kappa shape index (κ2) is 8.94. The average molecular weight is 406 g/mol. The SMILES string of the molecule is CCOc1ccc(-c2ccc(NC(=O)N3CCC(C)CC3)cc2-c2nn[nH]n2)cc1. The highest BCUT2D eigenvalue weighted by molar-refractivity contribution is 5.92. The minimum atomic E-state index is -0.0743. The summed E-state index contributed by atoms with van der Waals surface area (Å²) in [5.41, 5.74) is 3.44. The molecule has 1 saturated heterocycles. The predicted octanol–water partition coefficient (Wildman–Crippen LogP) is 4.20. The van der Waals surface area contributed by atoms with Gasteiger partial charge in [-0.05, 0) is 66.3 Å². The predicted molar refractivity (Wildman–Crippen MR) is 115 cm³/mol. The monoisotopic (exact) mass is 406 g/mol. The number of ether oxygens (including phenoxy) is 1. The number of carbonyl (C=O) groups is 1. The van der Waals surface area contributed by atoms with Crippen LogP contribution in [0.5, 0.6) is 5.75 Å². The number of benzene rings is 2. The molecule has 1 aromatic heterocycles. The summed E-state index contributed by atoms with van der Waals surface area (Å²) in [6.45, 7) is 6.38. The highest BCUT2D eigenvalue weighted by Crippen LogP contribution is 2.33. The first-order valence-corrected chi connectivity index (χ1v) is 10.3. The molecule has 8 heteroatoms. The van der Waals surface area contributed by atoms with Gasteiger partial charge in [-0.2, -0.15) is 5.21 Å². The average Bonchev–Trinajstić information content (AvgIpc) is 3.30. The summed E-state index contributed by atoms with van der Waals surface area (Å²) in [4.78, 5) is 14.5. The molecule has 0 aliphatic carbocycles. The zero-order chi connectivity index (χ0) is 20.9. The van der Waals surface area contributed by atoms with Gasteiger partial charge in [-0.25, -0.2) is 4.79 Å². The van der Waals surface area contributed by atoms with Gasteiger partial charge in [0.05, 0.1) is 6.61 Å². The number of aromatic nitrogens is 4. The number of tetrazole rings is 1. The highest BCUT2D eigenvalue weighted by atomic mass is 16.5. The molecule has 2 amide bonds. The molecule has 4 rings (SSSR count). The molecule has 0 radical (unpaired) electrons.